The average molecular weight is 617 g/mol. The Morgan fingerprint density at radius 3 is 1.67 bits per heavy atom. The van der Waals surface area contributed by atoms with Crippen molar-refractivity contribution in [2.24, 2.45) is 5.92 Å². The van der Waals surface area contributed by atoms with Gasteiger partial charge in [0.25, 0.3) is 0 Å². The molecule has 0 saturated carbocycles. The minimum absolute atomic E-state index is 0.180. The fourth-order valence-electron chi connectivity index (χ4n) is 2.97. The van der Waals surface area contributed by atoms with Crippen LogP contribution in [-0.2, 0) is 38.4 Å². The fraction of sp³-hybridized carbons (Fsp3) is 0.652. The van der Waals surface area contributed by atoms with Crippen LogP contribution in [0.25, 0.3) is 0 Å². The lowest BCUT2D eigenvalue weighted by Gasteiger charge is -2.28. The second kappa shape index (κ2) is 18.9. The zero-order valence-corrected chi connectivity index (χ0v) is 23.1. The van der Waals surface area contributed by atoms with Crippen molar-refractivity contribution in [3.63, 3.8) is 0 Å². The van der Waals surface area contributed by atoms with Crippen LogP contribution in [0.15, 0.2) is 0 Å². The summed E-state index contributed by atoms with van der Waals surface area (Å²) in [6.45, 7) is 5.84. The lowest BCUT2D eigenvalue weighted by molar-refractivity contribution is -0.192. The fourth-order valence-corrected chi connectivity index (χ4v) is 2.97. The summed E-state index contributed by atoms with van der Waals surface area (Å²) in [5, 5.41) is 44.0. The predicted octanol–water partition coefficient (Wildman–Crippen LogP) is -1.46. The molecular weight excluding hydrogens is 581 g/mol. The average Bonchev–Trinajstić information content (AvgIpc) is 2.85. The number of hydrogen-bond acceptors (Lipinski definition) is 9. The molecule has 0 bridgehead atoms. The van der Waals surface area contributed by atoms with E-state index in [1.54, 1.807) is 13.8 Å². The van der Waals surface area contributed by atoms with Crippen molar-refractivity contribution in [1.82, 2.24) is 21.3 Å². The number of aliphatic hydroxyl groups is 1. The normalized spacial score (nSPS) is 15.0. The van der Waals surface area contributed by atoms with Gasteiger partial charge in [-0.2, -0.15) is 13.2 Å². The number of aliphatic carboxylic acids is 3. The summed E-state index contributed by atoms with van der Waals surface area (Å²) in [7, 11) is 0. The second-order valence-electron chi connectivity index (χ2n) is 8.94. The quantitative estimate of drug-likeness (QED) is 0.0925. The van der Waals surface area contributed by atoms with Crippen molar-refractivity contribution < 1.29 is 72.0 Å². The Morgan fingerprint density at radius 1 is 0.810 bits per heavy atom. The minimum Gasteiger partial charge on any atom is -0.481 e. The highest BCUT2D eigenvalue weighted by atomic mass is 19.4. The molecule has 0 aliphatic heterocycles. The lowest BCUT2D eigenvalue weighted by atomic mass is 9.97. The Kier molecular flexibility index (Phi) is 18.0. The van der Waals surface area contributed by atoms with Gasteiger partial charge < -0.3 is 46.5 Å². The highest BCUT2D eigenvalue weighted by Crippen LogP contribution is 2.13. The molecule has 42 heavy (non-hydrogen) atoms. The third-order valence-corrected chi connectivity index (χ3v) is 5.33. The molecule has 0 rings (SSSR count). The van der Waals surface area contributed by atoms with Gasteiger partial charge in [-0.05, 0) is 19.3 Å². The van der Waals surface area contributed by atoms with Crippen molar-refractivity contribution in [2.45, 2.75) is 89.8 Å². The van der Waals surface area contributed by atoms with Gasteiger partial charge in [0.2, 0.25) is 23.6 Å². The van der Waals surface area contributed by atoms with E-state index in [-0.39, 0.29) is 18.6 Å². The number of alkyl halides is 3. The lowest BCUT2D eigenvalue weighted by Crippen LogP contribution is -2.60. The van der Waals surface area contributed by atoms with Crippen molar-refractivity contribution in [1.29, 1.82) is 0 Å². The van der Waals surface area contributed by atoms with E-state index in [2.05, 4.69) is 21.3 Å². The number of carboxylic acid groups (broad SMARTS) is 3. The first kappa shape index (κ1) is 39.9. The largest absolute Gasteiger partial charge is 0.490 e. The molecule has 19 heteroatoms. The molecule has 240 valence electrons. The molecule has 0 aromatic carbocycles. The van der Waals surface area contributed by atoms with E-state index < -0.39 is 90.8 Å². The molecular formula is C23H35F3N4O12. The first-order chi connectivity index (χ1) is 19.2. The maximum absolute atomic E-state index is 12.9. The SMILES string of the molecule is CC[C@H](C)[C@H](NC(C)=O)C(=O)N[C@@H](CCC(=O)O)C(=O)N[C@H](C(=O)N[C@H](C=O)CC(=O)O)[C@@H](C)O.O=C(O)C(F)(F)F. The summed E-state index contributed by atoms with van der Waals surface area (Å²) >= 11 is 0. The molecule has 0 aromatic rings. The molecule has 0 aliphatic carbocycles. The number of halogens is 3. The Hall–Kier alpha value is -4.29. The third kappa shape index (κ3) is 16.7. The molecule has 0 spiro atoms. The number of carbonyl (C=O) groups is 8. The van der Waals surface area contributed by atoms with Crippen molar-refractivity contribution in [2.75, 3.05) is 0 Å². The van der Waals surface area contributed by atoms with E-state index in [9.17, 15) is 51.8 Å². The standard InChI is InChI=1S/C21H34N4O10.C2HF3O2/c1-5-10(2)17(22-12(4)28)20(34)24-14(6-7-15(29)30)19(33)25-18(11(3)27)21(35)23-13(9-26)8-16(31)32;3-2(4,5)1(6)7/h9-11,13-14,17-18,27H,5-8H2,1-4H3,(H,22,28)(H,23,35)(H,24,34)(H,25,33)(H,29,30)(H,31,32);(H,6,7)/t10-,11+,13-,14-,17-,18-;/m0./s1. The monoisotopic (exact) mass is 616 g/mol. The molecule has 16 nitrogen and oxygen atoms in total. The van der Waals surface area contributed by atoms with Crippen LogP contribution in [0.4, 0.5) is 13.2 Å². The molecule has 0 heterocycles. The smallest absolute Gasteiger partial charge is 0.481 e. The van der Waals surface area contributed by atoms with Crippen LogP contribution in [0.1, 0.15) is 53.4 Å². The third-order valence-electron chi connectivity index (χ3n) is 5.33. The molecule has 8 N–H and O–H groups in total. The number of carboxylic acids is 3. The van der Waals surface area contributed by atoms with Crippen molar-refractivity contribution >= 4 is 47.8 Å². The van der Waals surface area contributed by atoms with Crippen molar-refractivity contribution in [3.05, 3.63) is 0 Å². The number of aliphatic hydroxyl groups excluding tert-OH is 1. The first-order valence-electron chi connectivity index (χ1n) is 12.2. The summed E-state index contributed by atoms with van der Waals surface area (Å²) in [4.78, 5) is 91.4. The van der Waals surface area contributed by atoms with E-state index in [4.69, 9.17) is 20.1 Å². The summed E-state index contributed by atoms with van der Waals surface area (Å²) in [6.07, 6.45) is -7.52. The zero-order chi connectivity index (χ0) is 33.4. The number of amides is 4. The van der Waals surface area contributed by atoms with Gasteiger partial charge in [0.1, 0.15) is 24.4 Å². The number of aldehydes is 1. The van der Waals surface area contributed by atoms with E-state index in [1.807, 2.05) is 0 Å². The second-order valence-corrected chi connectivity index (χ2v) is 8.94. The molecule has 6 atom stereocenters. The minimum atomic E-state index is -5.08. The van der Waals surface area contributed by atoms with E-state index in [0.717, 1.165) is 6.92 Å². The summed E-state index contributed by atoms with van der Waals surface area (Å²) < 4.78 is 31.7. The predicted molar refractivity (Wildman–Crippen MR) is 133 cm³/mol. The van der Waals surface area contributed by atoms with Crippen LogP contribution in [0, 0.1) is 5.92 Å². The van der Waals surface area contributed by atoms with Gasteiger partial charge in [0.05, 0.1) is 18.6 Å². The number of carbonyl (C=O) groups excluding carboxylic acids is 5. The van der Waals surface area contributed by atoms with E-state index >= 15 is 0 Å². The molecule has 0 radical (unpaired) electrons. The van der Waals surface area contributed by atoms with Gasteiger partial charge >= 0.3 is 24.1 Å². The molecule has 0 aliphatic rings. The molecule has 0 fully saturated rings. The van der Waals surface area contributed by atoms with Crippen LogP contribution in [0.3, 0.4) is 0 Å². The van der Waals surface area contributed by atoms with E-state index in [0.29, 0.717) is 6.42 Å². The summed E-state index contributed by atoms with van der Waals surface area (Å²) in [5.41, 5.74) is 0. The Bertz CT molecular complexity index is 990. The van der Waals surface area contributed by atoms with Crippen molar-refractivity contribution in [3.8, 4) is 0 Å². The van der Waals surface area contributed by atoms with Crippen LogP contribution < -0.4 is 21.3 Å². The van der Waals surface area contributed by atoms with Gasteiger partial charge in [-0.25, -0.2) is 4.79 Å². The molecule has 0 saturated heterocycles. The number of rotatable bonds is 16. The Labute approximate surface area is 237 Å². The summed E-state index contributed by atoms with van der Waals surface area (Å²) in [6, 6.07) is -5.54. The highest BCUT2D eigenvalue weighted by molar-refractivity contribution is 5.95. The van der Waals surface area contributed by atoms with E-state index in [1.165, 1.54) is 6.92 Å². The van der Waals surface area contributed by atoms with Gasteiger partial charge in [-0.1, -0.05) is 20.3 Å². The van der Waals surface area contributed by atoms with Crippen LogP contribution in [0.5, 0.6) is 0 Å². The molecule has 4 amide bonds. The van der Waals surface area contributed by atoms with Gasteiger partial charge in [0, 0.05) is 13.3 Å². The van der Waals surface area contributed by atoms with Gasteiger partial charge in [-0.3, -0.25) is 28.8 Å². The first-order valence-corrected chi connectivity index (χ1v) is 12.2. The maximum Gasteiger partial charge on any atom is 0.490 e. The van der Waals surface area contributed by atoms with Gasteiger partial charge in [-0.15, -0.1) is 0 Å². The number of nitrogens with one attached hydrogen (secondary N) is 4. The highest BCUT2D eigenvalue weighted by Gasteiger charge is 2.38. The number of hydrogen-bond donors (Lipinski definition) is 8. The van der Waals surface area contributed by atoms with Crippen LogP contribution >= 0.6 is 0 Å². The molecule has 0 unspecified atom stereocenters. The van der Waals surface area contributed by atoms with Crippen LogP contribution in [-0.4, -0.2) is 105 Å². The summed E-state index contributed by atoms with van der Waals surface area (Å²) in [5.74, 6) is -9.02. The maximum atomic E-state index is 12.9. The Balaban J connectivity index is 0. The molecule has 0 aromatic heterocycles. The Morgan fingerprint density at radius 2 is 1.31 bits per heavy atom. The van der Waals surface area contributed by atoms with Gasteiger partial charge in [0.15, 0.2) is 0 Å². The topological polar surface area (TPSA) is 266 Å². The van der Waals surface area contributed by atoms with Crippen LogP contribution in [0.2, 0.25) is 0 Å². The zero-order valence-electron chi connectivity index (χ0n) is 23.1.